The Morgan fingerprint density at radius 3 is 1.50 bits per heavy atom. The summed E-state index contributed by atoms with van der Waals surface area (Å²) in [5.74, 6) is -2.98. The molecule has 2 aromatic rings. The molecule has 0 saturated heterocycles. The maximum Gasteiger partial charge on any atom is 0.315 e. The summed E-state index contributed by atoms with van der Waals surface area (Å²) in [6.45, 7) is 3.05. The van der Waals surface area contributed by atoms with Crippen LogP contribution in [0.3, 0.4) is 0 Å². The van der Waals surface area contributed by atoms with Gasteiger partial charge in [0.05, 0.1) is 12.1 Å². The Hall–Kier alpha value is -2.57. The van der Waals surface area contributed by atoms with Crippen molar-refractivity contribution >= 4 is 6.03 Å². The first-order valence-electron chi connectivity index (χ1n) is 7.25. The van der Waals surface area contributed by atoms with Crippen LogP contribution in [0.2, 0.25) is 0 Å². The summed E-state index contributed by atoms with van der Waals surface area (Å²) in [7, 11) is 0. The van der Waals surface area contributed by atoms with Crippen LogP contribution < -0.4 is 10.6 Å². The number of amides is 2. The van der Waals surface area contributed by atoms with E-state index in [1.165, 1.54) is 26.0 Å². The molecule has 0 saturated carbocycles. The van der Waals surface area contributed by atoms with E-state index in [0.717, 1.165) is 24.3 Å². The highest BCUT2D eigenvalue weighted by atomic mass is 19.1. The minimum atomic E-state index is -0.777. The third kappa shape index (κ3) is 4.24. The van der Waals surface area contributed by atoms with Gasteiger partial charge in [0.1, 0.15) is 23.3 Å². The van der Waals surface area contributed by atoms with E-state index >= 15 is 0 Å². The molecule has 128 valence electrons. The molecule has 24 heavy (non-hydrogen) atoms. The number of carbonyl (C=O) groups excluding carboxylic acids is 1. The van der Waals surface area contributed by atoms with Gasteiger partial charge in [-0.1, -0.05) is 12.1 Å². The number of benzene rings is 2. The SMILES string of the molecule is C[C@@H](NC(=O)N[C@H](C)c1ccc(F)cc1F)c1ccc(F)cc1F. The molecule has 0 aliphatic rings. The van der Waals surface area contributed by atoms with Crippen LogP contribution >= 0.6 is 0 Å². The monoisotopic (exact) mass is 340 g/mol. The molecular formula is C17H16F4N2O. The number of halogens is 4. The highest BCUT2D eigenvalue weighted by Gasteiger charge is 2.17. The van der Waals surface area contributed by atoms with Crippen molar-refractivity contribution in [2.45, 2.75) is 25.9 Å². The van der Waals surface area contributed by atoms with Crippen molar-refractivity contribution in [1.29, 1.82) is 0 Å². The van der Waals surface area contributed by atoms with Gasteiger partial charge < -0.3 is 10.6 Å². The van der Waals surface area contributed by atoms with Crippen molar-refractivity contribution in [3.8, 4) is 0 Å². The molecule has 2 amide bonds. The summed E-state index contributed by atoms with van der Waals surface area (Å²) in [5.41, 5.74) is 0.235. The summed E-state index contributed by atoms with van der Waals surface area (Å²) in [5, 5.41) is 4.96. The standard InChI is InChI=1S/C17H16F4N2O/c1-9(13-5-3-11(18)7-15(13)20)22-17(24)23-10(2)14-6-4-12(19)8-16(14)21/h3-10H,1-2H3,(H2,22,23,24)/t9-,10-/m1/s1. The molecule has 2 aromatic carbocycles. The van der Waals surface area contributed by atoms with Crippen LogP contribution in [-0.4, -0.2) is 6.03 Å². The average Bonchev–Trinajstić information content (AvgIpc) is 2.46. The predicted octanol–water partition coefficient (Wildman–Crippen LogP) is 4.36. The number of nitrogens with one attached hydrogen (secondary N) is 2. The Kier molecular flexibility index (Phi) is 5.43. The molecule has 2 N–H and O–H groups in total. The van der Waals surface area contributed by atoms with Crippen molar-refractivity contribution in [1.82, 2.24) is 10.6 Å². The van der Waals surface area contributed by atoms with Gasteiger partial charge in [-0.15, -0.1) is 0 Å². The second-order valence-electron chi connectivity index (χ2n) is 5.39. The molecule has 7 heteroatoms. The lowest BCUT2D eigenvalue weighted by Crippen LogP contribution is -2.38. The number of rotatable bonds is 4. The fourth-order valence-corrected chi connectivity index (χ4v) is 2.30. The molecule has 0 bridgehead atoms. The third-order valence-corrected chi connectivity index (χ3v) is 3.55. The lowest BCUT2D eigenvalue weighted by molar-refractivity contribution is 0.234. The van der Waals surface area contributed by atoms with Crippen LogP contribution in [0.1, 0.15) is 37.1 Å². The van der Waals surface area contributed by atoms with Gasteiger partial charge in [0, 0.05) is 23.3 Å². The zero-order valence-electron chi connectivity index (χ0n) is 13.0. The number of hydrogen-bond acceptors (Lipinski definition) is 1. The molecule has 0 fully saturated rings. The molecular weight excluding hydrogens is 324 g/mol. The first-order valence-corrected chi connectivity index (χ1v) is 7.25. The van der Waals surface area contributed by atoms with E-state index in [2.05, 4.69) is 10.6 Å². The minimum Gasteiger partial charge on any atom is -0.332 e. The van der Waals surface area contributed by atoms with E-state index in [1.54, 1.807) is 0 Å². The first kappa shape index (κ1) is 17.8. The highest BCUT2D eigenvalue weighted by Crippen LogP contribution is 2.19. The van der Waals surface area contributed by atoms with Gasteiger partial charge in [-0.3, -0.25) is 0 Å². The maximum absolute atomic E-state index is 13.7. The van der Waals surface area contributed by atoms with E-state index in [-0.39, 0.29) is 11.1 Å². The first-order chi connectivity index (χ1) is 11.3. The van der Waals surface area contributed by atoms with Crippen molar-refractivity contribution < 1.29 is 22.4 Å². The van der Waals surface area contributed by atoms with Crippen molar-refractivity contribution in [3.63, 3.8) is 0 Å². The zero-order valence-corrected chi connectivity index (χ0v) is 13.0. The smallest absolute Gasteiger partial charge is 0.315 e. The van der Waals surface area contributed by atoms with Crippen LogP contribution in [0.5, 0.6) is 0 Å². The molecule has 0 heterocycles. The van der Waals surface area contributed by atoms with E-state index in [1.807, 2.05) is 0 Å². The summed E-state index contributed by atoms with van der Waals surface area (Å²) < 4.78 is 53.1. The summed E-state index contributed by atoms with van der Waals surface area (Å²) in [6, 6.07) is 3.98. The number of carbonyl (C=O) groups is 1. The average molecular weight is 340 g/mol. The van der Waals surface area contributed by atoms with Gasteiger partial charge in [-0.25, -0.2) is 22.4 Å². The van der Waals surface area contributed by atoms with Gasteiger partial charge in [-0.05, 0) is 26.0 Å². The zero-order chi connectivity index (χ0) is 17.9. The minimum absolute atomic E-state index is 0.118. The molecule has 0 aromatic heterocycles. The lowest BCUT2D eigenvalue weighted by Gasteiger charge is -2.19. The lowest BCUT2D eigenvalue weighted by atomic mass is 10.1. The van der Waals surface area contributed by atoms with E-state index in [4.69, 9.17) is 0 Å². The van der Waals surface area contributed by atoms with E-state index < -0.39 is 41.4 Å². The molecule has 2 rings (SSSR count). The fraction of sp³-hybridized carbons (Fsp3) is 0.235. The Labute approximate surface area is 136 Å². The Morgan fingerprint density at radius 1 is 0.792 bits per heavy atom. The molecule has 0 spiro atoms. The third-order valence-electron chi connectivity index (χ3n) is 3.55. The van der Waals surface area contributed by atoms with Gasteiger partial charge in [-0.2, -0.15) is 0 Å². The van der Waals surface area contributed by atoms with Crippen LogP contribution in [-0.2, 0) is 0 Å². The van der Waals surface area contributed by atoms with Gasteiger partial charge in [0.15, 0.2) is 0 Å². The summed E-state index contributed by atoms with van der Waals surface area (Å²) in [6.07, 6.45) is 0. The summed E-state index contributed by atoms with van der Waals surface area (Å²) in [4.78, 5) is 12.0. The quantitative estimate of drug-likeness (QED) is 0.798. The van der Waals surface area contributed by atoms with Crippen LogP contribution in [0, 0.1) is 23.3 Å². The van der Waals surface area contributed by atoms with Crippen molar-refractivity contribution in [3.05, 3.63) is 70.8 Å². The van der Waals surface area contributed by atoms with Gasteiger partial charge >= 0.3 is 6.03 Å². The Bertz CT molecular complexity index is 690. The normalized spacial score (nSPS) is 13.2. The second kappa shape index (κ2) is 7.33. The van der Waals surface area contributed by atoms with Crippen LogP contribution in [0.25, 0.3) is 0 Å². The van der Waals surface area contributed by atoms with Gasteiger partial charge in [0.2, 0.25) is 0 Å². The molecule has 0 unspecified atom stereocenters. The molecule has 0 aliphatic carbocycles. The number of hydrogen-bond donors (Lipinski definition) is 2. The predicted molar refractivity (Wildman–Crippen MR) is 81.2 cm³/mol. The summed E-state index contributed by atoms with van der Waals surface area (Å²) >= 11 is 0. The fourth-order valence-electron chi connectivity index (χ4n) is 2.30. The van der Waals surface area contributed by atoms with Crippen LogP contribution in [0.4, 0.5) is 22.4 Å². The van der Waals surface area contributed by atoms with E-state index in [9.17, 15) is 22.4 Å². The number of urea groups is 1. The molecule has 0 aliphatic heterocycles. The van der Waals surface area contributed by atoms with Gasteiger partial charge in [0.25, 0.3) is 0 Å². The molecule has 3 nitrogen and oxygen atoms in total. The highest BCUT2D eigenvalue weighted by molar-refractivity contribution is 5.75. The second-order valence-corrected chi connectivity index (χ2v) is 5.39. The van der Waals surface area contributed by atoms with E-state index in [0.29, 0.717) is 0 Å². The van der Waals surface area contributed by atoms with Crippen molar-refractivity contribution in [2.24, 2.45) is 0 Å². The molecule has 0 radical (unpaired) electrons. The van der Waals surface area contributed by atoms with Crippen LogP contribution in [0.15, 0.2) is 36.4 Å². The largest absolute Gasteiger partial charge is 0.332 e. The molecule has 2 atom stereocenters. The maximum atomic E-state index is 13.7. The Morgan fingerprint density at radius 2 is 1.17 bits per heavy atom. The Balaban J connectivity index is 2.01. The topological polar surface area (TPSA) is 41.1 Å². The van der Waals surface area contributed by atoms with Crippen molar-refractivity contribution in [2.75, 3.05) is 0 Å².